The number of nitrogens with zero attached hydrogens (tertiary/aromatic N) is 4. The first-order valence-electron chi connectivity index (χ1n) is 27.5. The second kappa shape index (κ2) is 25.6. The number of non-ortho nitro benzene ring substituents is 2. The third-order valence-electron chi connectivity index (χ3n) is 15.8. The van der Waals surface area contributed by atoms with E-state index in [0.717, 1.165) is 51.4 Å². The van der Waals surface area contributed by atoms with Crippen LogP contribution in [-0.4, -0.2) is 68.2 Å². The second-order valence-corrected chi connectivity index (χ2v) is 20.7. The quantitative estimate of drug-likeness (QED) is 0.0192. The fraction of sp³-hybridized carbons (Fsp3) is 0.273. The highest BCUT2D eigenvalue weighted by Crippen LogP contribution is 2.62. The molecule has 6 atom stereocenters. The van der Waals surface area contributed by atoms with Gasteiger partial charge in [-0.2, -0.15) is 0 Å². The molecule has 0 aromatic heterocycles. The number of aliphatic hydroxyl groups is 2. The summed E-state index contributed by atoms with van der Waals surface area (Å²) < 4.78 is 21.6. The van der Waals surface area contributed by atoms with Crippen LogP contribution in [0.5, 0.6) is 17.2 Å². The van der Waals surface area contributed by atoms with Crippen molar-refractivity contribution in [2.75, 3.05) is 19.8 Å². The van der Waals surface area contributed by atoms with Crippen molar-refractivity contribution in [2.24, 2.45) is 22.9 Å². The molecule has 0 saturated heterocycles. The van der Waals surface area contributed by atoms with E-state index < -0.39 is 33.5 Å². The van der Waals surface area contributed by atoms with E-state index in [2.05, 4.69) is 24.8 Å². The monoisotopic (exact) mass is 1090 g/mol. The van der Waals surface area contributed by atoms with Gasteiger partial charge in [0.2, 0.25) is 11.7 Å². The van der Waals surface area contributed by atoms with E-state index in [9.17, 15) is 30.4 Å². The number of benzene rings is 7. The molecule has 0 bridgehead atoms. The maximum absolute atomic E-state index is 15.7. The van der Waals surface area contributed by atoms with E-state index in [4.69, 9.17) is 24.2 Å². The Balaban J connectivity index is 1.16. The van der Waals surface area contributed by atoms with Crippen molar-refractivity contribution < 1.29 is 43.9 Å². The molecule has 414 valence electrons. The summed E-state index contributed by atoms with van der Waals surface area (Å²) in [5.74, 6) is -1.38. The largest absolute Gasteiger partial charge is 0.459 e. The molecule has 3 aliphatic rings. The number of rotatable bonds is 24. The lowest BCUT2D eigenvalue weighted by molar-refractivity contribution is -0.385. The molecular weight excluding hydrogens is 1020 g/mol. The molecule has 1 heterocycles. The van der Waals surface area contributed by atoms with Gasteiger partial charge in [-0.1, -0.05) is 115 Å². The second-order valence-electron chi connectivity index (χ2n) is 20.7. The Morgan fingerprint density at radius 1 is 0.765 bits per heavy atom. The van der Waals surface area contributed by atoms with Gasteiger partial charge in [0.15, 0.2) is 0 Å². The normalized spacial score (nSPS) is 20.4. The van der Waals surface area contributed by atoms with Gasteiger partial charge in [-0.15, -0.1) is 6.58 Å². The first kappa shape index (κ1) is 55.6. The van der Waals surface area contributed by atoms with Crippen molar-refractivity contribution in [1.82, 2.24) is 4.90 Å². The van der Waals surface area contributed by atoms with E-state index in [1.807, 2.05) is 103 Å². The summed E-state index contributed by atoms with van der Waals surface area (Å²) in [5.41, 5.74) is 6.35. The molecule has 1 saturated carbocycles. The number of hydrogen-bond donors (Lipinski definition) is 2. The molecular formula is C66H64N4O11. The SMILES string of the molecule is C=CCOC12Oc3ccc(Oc4ccc(-c5ccccc5)cc4)cc3C3C(CCCCO)C(CCCCO)C=C(C(=NOCc4ccc([N+](=O)[O-])cc4)CC1N(Cc1cccc4ccccc14)C(=O)C=Cc1ccc([N+](=O)[O-])cc1)C32. The van der Waals surface area contributed by atoms with Gasteiger partial charge in [0.1, 0.15) is 29.9 Å². The van der Waals surface area contributed by atoms with Crippen LogP contribution in [-0.2, 0) is 27.5 Å². The van der Waals surface area contributed by atoms with E-state index in [-0.39, 0.29) is 68.5 Å². The molecule has 0 spiro atoms. The van der Waals surface area contributed by atoms with Crippen LogP contribution in [0.4, 0.5) is 11.4 Å². The minimum absolute atomic E-state index is 0.0155. The number of aliphatic hydroxyl groups excluding tert-OH is 2. The van der Waals surface area contributed by atoms with Crippen LogP contribution >= 0.6 is 0 Å². The summed E-state index contributed by atoms with van der Waals surface area (Å²) >= 11 is 0. The van der Waals surface area contributed by atoms with Gasteiger partial charge in [0.05, 0.1) is 28.1 Å². The standard InChI is InChI=1S/C66H64N4O11/c1-2-39-78-66-62(68(43-51-18-12-17-49-15-6-7-19-56(49)51)63(73)36-25-45-21-28-52(29-22-45)69(74)75)42-60(67-79-44-46-23-30-53(31-24-46)70(76)77)58-40-50(16-8-10-37-71)57(20-9-11-38-72)64(65(58)66)59-41-55(34-35-61(59)81-66)80-54-32-26-48(27-33-54)47-13-4-3-5-14-47/h2-7,12-15,17-19,21-36,40-41,50,57,62,64-65,71-72H,1,8-11,16,20,37-39,42-44H2. The summed E-state index contributed by atoms with van der Waals surface area (Å²) in [6.45, 7) is 4.28. The van der Waals surface area contributed by atoms with E-state index in [1.54, 1.807) is 41.3 Å². The van der Waals surface area contributed by atoms with Gasteiger partial charge in [-0.05, 0) is 142 Å². The first-order valence-corrected chi connectivity index (χ1v) is 27.5. The molecule has 7 aromatic carbocycles. The molecule has 7 aromatic rings. The average molecular weight is 1090 g/mol. The molecule has 15 heteroatoms. The van der Waals surface area contributed by atoms with Crippen molar-refractivity contribution in [3.8, 4) is 28.4 Å². The Hall–Kier alpha value is -8.76. The van der Waals surface area contributed by atoms with Gasteiger partial charge in [-0.25, -0.2) is 0 Å². The summed E-state index contributed by atoms with van der Waals surface area (Å²) in [6.07, 6.45) is 11.2. The number of amides is 1. The topological polar surface area (TPSA) is 196 Å². The Kier molecular flexibility index (Phi) is 17.5. The zero-order chi connectivity index (χ0) is 56.3. The first-order chi connectivity index (χ1) is 39.6. The number of oxime groups is 1. The molecule has 2 aliphatic carbocycles. The van der Waals surface area contributed by atoms with Crippen LogP contribution in [0.15, 0.2) is 199 Å². The zero-order valence-corrected chi connectivity index (χ0v) is 44.8. The van der Waals surface area contributed by atoms with Gasteiger partial charge in [0, 0.05) is 68.0 Å². The molecule has 15 nitrogen and oxygen atoms in total. The van der Waals surface area contributed by atoms with Gasteiger partial charge in [0.25, 0.3) is 11.4 Å². The molecule has 81 heavy (non-hydrogen) atoms. The fourth-order valence-electron chi connectivity index (χ4n) is 12.0. The highest BCUT2D eigenvalue weighted by atomic mass is 16.7. The molecule has 6 unspecified atom stereocenters. The lowest BCUT2D eigenvalue weighted by Crippen LogP contribution is -2.70. The van der Waals surface area contributed by atoms with Crippen LogP contribution in [0.3, 0.4) is 0 Å². The minimum Gasteiger partial charge on any atom is -0.459 e. The van der Waals surface area contributed by atoms with Crippen LogP contribution in [0.2, 0.25) is 0 Å². The predicted octanol–water partition coefficient (Wildman–Crippen LogP) is 13.7. The van der Waals surface area contributed by atoms with Crippen LogP contribution in [0, 0.1) is 38.0 Å². The Bertz CT molecular complexity index is 3450. The Morgan fingerprint density at radius 3 is 2.15 bits per heavy atom. The maximum atomic E-state index is 15.7. The summed E-state index contributed by atoms with van der Waals surface area (Å²) in [6, 6.07) is 49.1. The van der Waals surface area contributed by atoms with Crippen LogP contribution in [0.25, 0.3) is 28.0 Å². The number of ether oxygens (including phenoxy) is 3. The molecule has 1 amide bonds. The van der Waals surface area contributed by atoms with E-state index >= 15 is 4.79 Å². The van der Waals surface area contributed by atoms with Gasteiger partial charge >= 0.3 is 0 Å². The smallest absolute Gasteiger partial charge is 0.269 e. The number of nitro groups is 2. The number of hydrogen-bond acceptors (Lipinski definition) is 12. The van der Waals surface area contributed by atoms with Crippen LogP contribution in [0.1, 0.15) is 73.1 Å². The van der Waals surface area contributed by atoms with Crippen molar-refractivity contribution in [3.05, 3.63) is 237 Å². The fourth-order valence-corrected chi connectivity index (χ4v) is 12.0. The zero-order valence-electron chi connectivity index (χ0n) is 44.8. The predicted molar refractivity (Wildman–Crippen MR) is 311 cm³/mol. The number of carbonyl (C=O) groups is 1. The molecule has 1 fully saturated rings. The molecule has 1 aliphatic heterocycles. The number of fused-ring (bicyclic) bond motifs is 3. The number of allylic oxidation sites excluding steroid dienone is 1. The third kappa shape index (κ3) is 12.4. The minimum atomic E-state index is -1.61. The van der Waals surface area contributed by atoms with Crippen molar-refractivity contribution in [3.63, 3.8) is 0 Å². The van der Waals surface area contributed by atoms with Crippen molar-refractivity contribution >= 4 is 39.8 Å². The summed E-state index contributed by atoms with van der Waals surface area (Å²) in [7, 11) is 0. The Labute approximate surface area is 470 Å². The van der Waals surface area contributed by atoms with Gasteiger partial charge < -0.3 is 34.2 Å². The third-order valence-corrected chi connectivity index (χ3v) is 15.8. The number of unbranched alkanes of at least 4 members (excludes halogenated alkanes) is 2. The molecule has 0 radical (unpaired) electrons. The summed E-state index contributed by atoms with van der Waals surface area (Å²) in [4.78, 5) is 46.0. The maximum Gasteiger partial charge on any atom is 0.269 e. The molecule has 2 N–H and O–H groups in total. The lowest BCUT2D eigenvalue weighted by atomic mass is 9.55. The van der Waals surface area contributed by atoms with E-state index in [0.29, 0.717) is 59.8 Å². The number of nitro benzene ring substituents is 2. The number of carbonyl (C=O) groups excluding carboxylic acids is 1. The van der Waals surface area contributed by atoms with Gasteiger partial charge in [-0.3, -0.25) is 25.0 Å². The summed E-state index contributed by atoms with van der Waals surface area (Å²) in [5, 5.41) is 50.4. The average Bonchev–Trinajstić information content (AvgIpc) is 3.08. The van der Waals surface area contributed by atoms with E-state index in [1.165, 1.54) is 30.3 Å². The van der Waals surface area contributed by atoms with Crippen molar-refractivity contribution in [1.29, 1.82) is 0 Å². The highest BCUT2D eigenvalue weighted by molar-refractivity contribution is 6.03. The molecule has 10 rings (SSSR count). The lowest BCUT2D eigenvalue weighted by Gasteiger charge is -2.60. The van der Waals surface area contributed by atoms with Crippen molar-refractivity contribution in [2.45, 2.75) is 75.8 Å². The highest BCUT2D eigenvalue weighted by Gasteiger charge is 2.65. The Morgan fingerprint density at radius 2 is 1.43 bits per heavy atom. The van der Waals surface area contributed by atoms with Crippen LogP contribution < -0.4 is 9.47 Å².